The molecule has 0 aromatic carbocycles. The summed E-state index contributed by atoms with van der Waals surface area (Å²) in [6, 6.07) is 0. The first kappa shape index (κ1) is 7.97. The molecule has 0 aromatic rings. The molecule has 2 rings (SSSR count). The molecule has 2 aliphatic heterocycles. The third-order valence-corrected chi connectivity index (χ3v) is 3.48. The van der Waals surface area contributed by atoms with E-state index in [0.29, 0.717) is 0 Å². The van der Waals surface area contributed by atoms with Gasteiger partial charge in [0.05, 0.1) is 0 Å². The molecule has 2 saturated heterocycles. The number of hydrogen-bond donors (Lipinski definition) is 0. The monoisotopic (exact) mass is 172 g/mol. The highest BCUT2D eigenvalue weighted by molar-refractivity contribution is 7.13. The molecule has 2 nitrogen and oxygen atoms in total. The van der Waals surface area contributed by atoms with Crippen molar-refractivity contribution < 1.29 is 0 Å². The van der Waals surface area contributed by atoms with Crippen LogP contribution < -0.4 is 0 Å². The highest BCUT2D eigenvalue weighted by Gasteiger charge is 2.34. The van der Waals surface area contributed by atoms with Gasteiger partial charge in [-0.2, -0.15) is 0 Å². The van der Waals surface area contributed by atoms with Gasteiger partial charge in [-0.25, -0.2) is 0 Å². The van der Waals surface area contributed by atoms with Crippen molar-refractivity contribution in [3.8, 4) is 0 Å². The van der Waals surface area contributed by atoms with Crippen LogP contribution in [0.2, 0.25) is 0 Å². The molecule has 0 amide bonds. The third kappa shape index (κ3) is 1.58. The van der Waals surface area contributed by atoms with Crippen molar-refractivity contribution in [3.63, 3.8) is 0 Å². The summed E-state index contributed by atoms with van der Waals surface area (Å²) in [5.74, 6) is 1.99. The van der Waals surface area contributed by atoms with Crippen LogP contribution >= 0.6 is 9.39 Å². The van der Waals surface area contributed by atoms with Gasteiger partial charge in [-0.15, -0.1) is 0 Å². The molecule has 0 radical (unpaired) electrons. The maximum atomic E-state index is 2.81. The minimum atomic E-state index is 0.990. The SMILES string of the molecule is CN1CC(C2CCN(P)C2)C1. The molecule has 0 N–H and O–H groups in total. The van der Waals surface area contributed by atoms with E-state index in [1.54, 1.807) is 0 Å². The Morgan fingerprint density at radius 2 is 1.91 bits per heavy atom. The first-order chi connectivity index (χ1) is 5.25. The molecule has 2 heterocycles. The van der Waals surface area contributed by atoms with Gasteiger partial charge in [-0.1, -0.05) is 9.39 Å². The standard InChI is InChI=1S/C8H17N2P/c1-9-4-8(5-9)7-2-3-10(11)6-7/h7-8H,2-6,11H2,1H3. The molecule has 0 saturated carbocycles. The lowest BCUT2D eigenvalue weighted by atomic mass is 9.86. The van der Waals surface area contributed by atoms with E-state index in [4.69, 9.17) is 0 Å². The van der Waals surface area contributed by atoms with Gasteiger partial charge in [0.25, 0.3) is 0 Å². The van der Waals surface area contributed by atoms with Gasteiger partial charge >= 0.3 is 0 Å². The Balaban J connectivity index is 1.79. The zero-order valence-electron chi connectivity index (χ0n) is 7.16. The van der Waals surface area contributed by atoms with Crippen LogP contribution in [0.25, 0.3) is 0 Å². The summed E-state index contributed by atoms with van der Waals surface area (Å²) in [5.41, 5.74) is 0. The summed E-state index contributed by atoms with van der Waals surface area (Å²) < 4.78 is 2.38. The van der Waals surface area contributed by atoms with Gasteiger partial charge in [-0.05, 0) is 25.3 Å². The Bertz CT molecular complexity index is 145. The molecule has 0 bridgehead atoms. The second-order valence-electron chi connectivity index (χ2n) is 4.02. The summed E-state index contributed by atoms with van der Waals surface area (Å²) in [7, 11) is 5.03. The van der Waals surface area contributed by atoms with E-state index in [0.717, 1.165) is 11.8 Å². The fourth-order valence-electron chi connectivity index (χ4n) is 2.25. The predicted octanol–water partition coefficient (Wildman–Crippen LogP) is 0.660. The van der Waals surface area contributed by atoms with Gasteiger partial charge in [0.2, 0.25) is 0 Å². The molecule has 0 spiro atoms. The Morgan fingerprint density at radius 3 is 2.36 bits per heavy atom. The van der Waals surface area contributed by atoms with E-state index in [1.165, 1.54) is 32.6 Å². The van der Waals surface area contributed by atoms with Gasteiger partial charge in [0.1, 0.15) is 0 Å². The highest BCUT2D eigenvalue weighted by Crippen LogP contribution is 2.31. The van der Waals surface area contributed by atoms with E-state index in [-0.39, 0.29) is 0 Å². The van der Waals surface area contributed by atoms with Gasteiger partial charge in [0.15, 0.2) is 0 Å². The summed E-state index contributed by atoms with van der Waals surface area (Å²) in [6.07, 6.45) is 1.42. The first-order valence-electron chi connectivity index (χ1n) is 4.44. The van der Waals surface area contributed by atoms with E-state index >= 15 is 0 Å². The molecular weight excluding hydrogens is 155 g/mol. The quantitative estimate of drug-likeness (QED) is 0.536. The predicted molar refractivity (Wildman–Crippen MR) is 50.4 cm³/mol. The average molecular weight is 172 g/mol. The van der Waals surface area contributed by atoms with Crippen LogP contribution in [-0.2, 0) is 0 Å². The van der Waals surface area contributed by atoms with Crippen molar-refractivity contribution in [1.29, 1.82) is 0 Å². The van der Waals surface area contributed by atoms with Crippen molar-refractivity contribution in [3.05, 3.63) is 0 Å². The lowest BCUT2D eigenvalue weighted by molar-refractivity contribution is 0.0884. The Morgan fingerprint density at radius 1 is 1.18 bits per heavy atom. The van der Waals surface area contributed by atoms with Gasteiger partial charge in [-0.3, -0.25) is 4.67 Å². The summed E-state index contributed by atoms with van der Waals surface area (Å²) in [5, 5.41) is 0. The van der Waals surface area contributed by atoms with E-state index in [2.05, 4.69) is 26.0 Å². The van der Waals surface area contributed by atoms with Crippen LogP contribution in [0.5, 0.6) is 0 Å². The molecular formula is C8H17N2P. The van der Waals surface area contributed by atoms with Crippen molar-refractivity contribution in [2.45, 2.75) is 6.42 Å². The Hall–Kier alpha value is 0.350. The second-order valence-corrected chi connectivity index (χ2v) is 4.76. The highest BCUT2D eigenvalue weighted by atomic mass is 31.0. The molecule has 11 heavy (non-hydrogen) atoms. The molecule has 2 aliphatic rings. The smallest absolute Gasteiger partial charge is 0.00486 e. The second kappa shape index (κ2) is 3.01. The van der Waals surface area contributed by atoms with Gasteiger partial charge < -0.3 is 4.90 Å². The van der Waals surface area contributed by atoms with E-state index in [1.807, 2.05) is 0 Å². The minimum Gasteiger partial charge on any atom is -0.306 e. The van der Waals surface area contributed by atoms with Crippen LogP contribution in [-0.4, -0.2) is 42.8 Å². The fraction of sp³-hybridized carbons (Fsp3) is 1.00. The largest absolute Gasteiger partial charge is 0.306 e. The topological polar surface area (TPSA) is 6.48 Å². The van der Waals surface area contributed by atoms with Crippen molar-refractivity contribution in [2.75, 3.05) is 33.2 Å². The summed E-state index contributed by atoms with van der Waals surface area (Å²) in [4.78, 5) is 2.41. The zero-order chi connectivity index (χ0) is 7.84. The molecule has 3 heteroatoms. The van der Waals surface area contributed by atoms with Crippen molar-refractivity contribution in [1.82, 2.24) is 9.57 Å². The first-order valence-corrected chi connectivity index (χ1v) is 4.95. The Labute approximate surface area is 71.2 Å². The molecule has 2 atom stereocenters. The molecule has 2 unspecified atom stereocenters. The van der Waals surface area contributed by atoms with E-state index in [9.17, 15) is 0 Å². The number of nitrogens with zero attached hydrogens (tertiary/aromatic N) is 2. The summed E-state index contributed by atoms with van der Waals surface area (Å²) >= 11 is 0. The van der Waals surface area contributed by atoms with E-state index < -0.39 is 0 Å². The molecule has 0 aliphatic carbocycles. The number of likely N-dealkylation sites (tertiary alicyclic amines) is 1. The third-order valence-electron chi connectivity index (χ3n) is 3.02. The van der Waals surface area contributed by atoms with Crippen LogP contribution in [0, 0.1) is 11.8 Å². The Kier molecular flexibility index (Phi) is 2.18. The van der Waals surface area contributed by atoms with Crippen LogP contribution in [0.1, 0.15) is 6.42 Å². The molecule has 2 fully saturated rings. The van der Waals surface area contributed by atoms with Crippen molar-refractivity contribution >= 4 is 9.39 Å². The maximum Gasteiger partial charge on any atom is 0.00486 e. The number of rotatable bonds is 1. The molecule has 0 aromatic heterocycles. The molecule has 64 valence electrons. The lowest BCUT2D eigenvalue weighted by Crippen LogP contribution is -2.47. The zero-order valence-corrected chi connectivity index (χ0v) is 8.32. The number of hydrogen-bond acceptors (Lipinski definition) is 2. The minimum absolute atomic E-state index is 0.990. The lowest BCUT2D eigenvalue weighted by Gasteiger charge is -2.39. The fourth-order valence-corrected chi connectivity index (χ4v) is 2.67. The van der Waals surface area contributed by atoms with Crippen LogP contribution in [0.4, 0.5) is 0 Å². The van der Waals surface area contributed by atoms with Gasteiger partial charge in [0, 0.05) is 26.2 Å². The normalized spacial score (nSPS) is 36.0. The summed E-state index contributed by atoms with van der Waals surface area (Å²) in [6.45, 7) is 5.27. The maximum absolute atomic E-state index is 2.81. The van der Waals surface area contributed by atoms with Crippen LogP contribution in [0.15, 0.2) is 0 Å². The van der Waals surface area contributed by atoms with Crippen molar-refractivity contribution in [2.24, 2.45) is 11.8 Å². The average Bonchev–Trinajstić information content (AvgIpc) is 2.29. The van der Waals surface area contributed by atoms with Crippen LogP contribution in [0.3, 0.4) is 0 Å².